The quantitative estimate of drug-likeness (QED) is 0.743. The number of nitrogens with two attached hydrogens (primary N) is 1. The van der Waals surface area contributed by atoms with Crippen molar-refractivity contribution in [1.82, 2.24) is 0 Å². The Bertz CT molecular complexity index is 447. The van der Waals surface area contributed by atoms with Crippen molar-refractivity contribution in [3.63, 3.8) is 0 Å². The lowest BCUT2D eigenvalue weighted by atomic mass is 10.2. The van der Waals surface area contributed by atoms with Crippen LogP contribution in [-0.4, -0.2) is 25.0 Å². The average molecular weight is 236 g/mol. The first-order valence-corrected chi connectivity index (χ1v) is 5.14. The fourth-order valence-electron chi connectivity index (χ4n) is 1.66. The molecule has 0 saturated heterocycles. The van der Waals surface area contributed by atoms with Crippen LogP contribution in [0.3, 0.4) is 0 Å². The van der Waals surface area contributed by atoms with Gasteiger partial charge in [0.2, 0.25) is 5.91 Å². The zero-order valence-electron chi connectivity index (χ0n) is 9.09. The van der Waals surface area contributed by atoms with E-state index >= 15 is 0 Å². The largest absolute Gasteiger partial charge is 0.491 e. The van der Waals surface area contributed by atoms with E-state index in [1.54, 1.807) is 24.3 Å². The van der Waals surface area contributed by atoms with Gasteiger partial charge in [-0.1, -0.05) is 12.1 Å². The van der Waals surface area contributed by atoms with Gasteiger partial charge in [-0.25, -0.2) is 4.79 Å². The van der Waals surface area contributed by atoms with E-state index < -0.39 is 5.97 Å². The molecule has 1 amide bonds. The van der Waals surface area contributed by atoms with Crippen molar-refractivity contribution in [3.05, 3.63) is 24.3 Å². The molecular weight excluding hydrogens is 224 g/mol. The highest BCUT2D eigenvalue weighted by Crippen LogP contribution is 2.30. The third kappa shape index (κ3) is 2.36. The van der Waals surface area contributed by atoms with Gasteiger partial charge in [-0.05, 0) is 12.1 Å². The molecule has 2 rings (SSSR count). The molecular formula is C11H12N2O4. The predicted molar refractivity (Wildman–Crippen MR) is 59.2 cm³/mol. The van der Waals surface area contributed by atoms with Gasteiger partial charge >= 0.3 is 5.97 Å². The van der Waals surface area contributed by atoms with Crippen LogP contribution in [0.4, 0.5) is 5.69 Å². The van der Waals surface area contributed by atoms with Gasteiger partial charge < -0.3 is 9.57 Å². The predicted octanol–water partition coefficient (Wildman–Crippen LogP) is 0.219. The summed E-state index contributed by atoms with van der Waals surface area (Å²) in [6, 6.07) is 7.02. The summed E-state index contributed by atoms with van der Waals surface area (Å²) in [6.45, 7) is 0.0831. The second-order valence-electron chi connectivity index (χ2n) is 3.54. The molecule has 0 unspecified atom stereocenters. The number of hydrogen-bond acceptors (Lipinski definition) is 5. The number of fused-ring (bicyclic) bond motifs is 1. The van der Waals surface area contributed by atoms with E-state index in [-0.39, 0.29) is 18.9 Å². The van der Waals surface area contributed by atoms with Crippen LogP contribution in [0.25, 0.3) is 0 Å². The maximum atomic E-state index is 11.8. The summed E-state index contributed by atoms with van der Waals surface area (Å²) in [7, 11) is 0. The van der Waals surface area contributed by atoms with Crippen molar-refractivity contribution in [2.45, 2.75) is 6.42 Å². The van der Waals surface area contributed by atoms with Gasteiger partial charge in [-0.2, -0.15) is 5.90 Å². The van der Waals surface area contributed by atoms with Gasteiger partial charge in [0, 0.05) is 0 Å². The fourth-order valence-corrected chi connectivity index (χ4v) is 1.66. The standard InChI is InChI=1S/C11H12N2O4/c12-17-11(15)7-13-8-3-1-2-4-9(8)16-6-5-10(13)14/h1-4H,5-7,12H2. The van der Waals surface area contributed by atoms with E-state index in [9.17, 15) is 9.59 Å². The minimum atomic E-state index is -0.671. The molecule has 0 atom stereocenters. The van der Waals surface area contributed by atoms with Crippen LogP contribution >= 0.6 is 0 Å². The van der Waals surface area contributed by atoms with E-state index in [2.05, 4.69) is 4.84 Å². The summed E-state index contributed by atoms with van der Waals surface area (Å²) in [4.78, 5) is 28.4. The van der Waals surface area contributed by atoms with Crippen molar-refractivity contribution in [1.29, 1.82) is 0 Å². The summed E-state index contributed by atoms with van der Waals surface area (Å²) < 4.78 is 5.42. The number of carbonyl (C=O) groups excluding carboxylic acids is 2. The van der Waals surface area contributed by atoms with Crippen molar-refractivity contribution >= 4 is 17.6 Å². The first kappa shape index (κ1) is 11.4. The number of para-hydroxylation sites is 2. The number of hydrogen-bond donors (Lipinski definition) is 1. The molecule has 1 aliphatic rings. The number of anilines is 1. The summed E-state index contributed by atoms with van der Waals surface area (Å²) in [6.07, 6.45) is 0.215. The summed E-state index contributed by atoms with van der Waals surface area (Å²) in [5, 5.41) is 0. The maximum absolute atomic E-state index is 11.8. The highest BCUT2D eigenvalue weighted by atomic mass is 16.7. The Labute approximate surface area is 97.9 Å². The van der Waals surface area contributed by atoms with Crippen molar-refractivity contribution < 1.29 is 19.2 Å². The molecule has 1 aliphatic heterocycles. The molecule has 6 nitrogen and oxygen atoms in total. The lowest BCUT2D eigenvalue weighted by Gasteiger charge is -2.19. The van der Waals surface area contributed by atoms with Crippen molar-refractivity contribution in [2.24, 2.45) is 5.90 Å². The molecule has 1 aromatic rings. The Morgan fingerprint density at radius 3 is 3.00 bits per heavy atom. The van der Waals surface area contributed by atoms with Gasteiger partial charge in [-0.3, -0.25) is 9.69 Å². The van der Waals surface area contributed by atoms with Crippen molar-refractivity contribution in [2.75, 3.05) is 18.1 Å². The van der Waals surface area contributed by atoms with Crippen LogP contribution in [0.15, 0.2) is 24.3 Å². The molecule has 90 valence electrons. The summed E-state index contributed by atoms with van der Waals surface area (Å²) in [5.41, 5.74) is 0.556. The minimum Gasteiger partial charge on any atom is -0.491 e. The van der Waals surface area contributed by atoms with Gasteiger partial charge in [0.05, 0.1) is 18.7 Å². The van der Waals surface area contributed by atoms with Crippen LogP contribution in [0, 0.1) is 0 Å². The molecule has 6 heteroatoms. The maximum Gasteiger partial charge on any atom is 0.344 e. The Morgan fingerprint density at radius 2 is 2.24 bits per heavy atom. The van der Waals surface area contributed by atoms with Crippen LogP contribution in [0.2, 0.25) is 0 Å². The first-order chi connectivity index (χ1) is 8.22. The van der Waals surface area contributed by atoms with Crippen molar-refractivity contribution in [3.8, 4) is 5.75 Å². The number of rotatable bonds is 2. The zero-order valence-corrected chi connectivity index (χ0v) is 9.09. The molecule has 17 heavy (non-hydrogen) atoms. The number of nitrogens with zero attached hydrogens (tertiary/aromatic N) is 1. The van der Waals surface area contributed by atoms with E-state index in [4.69, 9.17) is 10.6 Å². The molecule has 1 aromatic carbocycles. The highest BCUT2D eigenvalue weighted by molar-refractivity contribution is 5.99. The van der Waals surface area contributed by atoms with Gasteiger partial charge in [0.1, 0.15) is 12.3 Å². The Morgan fingerprint density at radius 1 is 1.47 bits per heavy atom. The zero-order chi connectivity index (χ0) is 12.3. The second-order valence-corrected chi connectivity index (χ2v) is 3.54. The van der Waals surface area contributed by atoms with E-state index in [1.807, 2.05) is 0 Å². The molecule has 1 heterocycles. The van der Waals surface area contributed by atoms with Gasteiger partial charge in [-0.15, -0.1) is 0 Å². The van der Waals surface area contributed by atoms with Gasteiger partial charge in [0.25, 0.3) is 0 Å². The number of benzene rings is 1. The summed E-state index contributed by atoms with van der Waals surface area (Å²) >= 11 is 0. The summed E-state index contributed by atoms with van der Waals surface area (Å²) in [5.74, 6) is 4.48. The van der Waals surface area contributed by atoms with E-state index in [0.29, 0.717) is 18.0 Å². The SMILES string of the molecule is NOC(=O)CN1C(=O)CCOc2ccccc21. The van der Waals surface area contributed by atoms with Crippen LogP contribution in [0.5, 0.6) is 5.75 Å². The Hall–Kier alpha value is -2.08. The lowest BCUT2D eigenvalue weighted by molar-refractivity contribution is -0.143. The van der Waals surface area contributed by atoms with E-state index in [0.717, 1.165) is 0 Å². The Kier molecular flexibility index (Phi) is 3.24. The third-order valence-electron chi connectivity index (χ3n) is 2.45. The molecule has 0 aliphatic carbocycles. The molecule has 0 aromatic heterocycles. The fraction of sp³-hybridized carbons (Fsp3) is 0.273. The second kappa shape index (κ2) is 4.84. The average Bonchev–Trinajstić information content (AvgIpc) is 2.50. The van der Waals surface area contributed by atoms with E-state index in [1.165, 1.54) is 4.90 Å². The normalized spacial score (nSPS) is 14.6. The molecule has 0 saturated carbocycles. The highest BCUT2D eigenvalue weighted by Gasteiger charge is 2.25. The molecule has 0 spiro atoms. The van der Waals surface area contributed by atoms with Gasteiger partial charge in [0.15, 0.2) is 0 Å². The smallest absolute Gasteiger partial charge is 0.344 e. The minimum absolute atomic E-state index is 0.194. The monoisotopic (exact) mass is 236 g/mol. The topological polar surface area (TPSA) is 81.9 Å². The van der Waals surface area contributed by atoms with Crippen LogP contribution < -0.4 is 15.5 Å². The molecule has 2 N–H and O–H groups in total. The van der Waals surface area contributed by atoms with Crippen LogP contribution in [-0.2, 0) is 14.4 Å². The number of carbonyl (C=O) groups is 2. The van der Waals surface area contributed by atoms with Crippen LogP contribution in [0.1, 0.15) is 6.42 Å². The molecule has 0 radical (unpaired) electrons. The lowest BCUT2D eigenvalue weighted by Crippen LogP contribution is -2.36. The number of ether oxygens (including phenoxy) is 1. The third-order valence-corrected chi connectivity index (χ3v) is 2.45. The molecule has 0 bridgehead atoms. The number of amides is 1. The Balaban J connectivity index is 2.33. The first-order valence-electron chi connectivity index (χ1n) is 5.14. The molecule has 0 fully saturated rings.